The molecular formula is C11H16N2O2. The van der Waals surface area contributed by atoms with Gasteiger partial charge in [-0.3, -0.25) is 0 Å². The predicted octanol–water partition coefficient (Wildman–Crippen LogP) is 1.29. The van der Waals surface area contributed by atoms with Crippen LogP contribution in [0.15, 0.2) is 23.9 Å². The number of amides is 1. The van der Waals surface area contributed by atoms with E-state index in [0.29, 0.717) is 12.5 Å². The highest BCUT2D eigenvalue weighted by Gasteiger charge is 2.23. The van der Waals surface area contributed by atoms with Crippen molar-refractivity contribution in [3.05, 3.63) is 23.9 Å². The highest BCUT2D eigenvalue weighted by molar-refractivity contribution is 5.64. The Bertz CT molecular complexity index is 310. The van der Waals surface area contributed by atoms with E-state index in [-0.39, 0.29) is 6.10 Å². The molecule has 0 radical (unpaired) electrons. The van der Waals surface area contributed by atoms with Crippen LogP contribution in [0.25, 0.3) is 0 Å². The fraction of sp³-hybridized carbons (Fsp3) is 0.545. The summed E-state index contributed by atoms with van der Waals surface area (Å²) in [4.78, 5) is 10.6. The van der Waals surface area contributed by atoms with Crippen molar-refractivity contribution in [3.63, 3.8) is 0 Å². The molecule has 3 N–H and O–H groups in total. The summed E-state index contributed by atoms with van der Waals surface area (Å²) in [7, 11) is 0. The lowest BCUT2D eigenvalue weighted by atomic mass is 9.93. The smallest absolute Gasteiger partial charge is 0.404 e. The van der Waals surface area contributed by atoms with Gasteiger partial charge in [-0.2, -0.15) is 0 Å². The zero-order chi connectivity index (χ0) is 10.7. The molecule has 1 aliphatic carbocycles. The molecule has 2 aliphatic rings. The van der Waals surface area contributed by atoms with Crippen LogP contribution in [0, 0.1) is 5.92 Å². The van der Waals surface area contributed by atoms with E-state index in [0.717, 1.165) is 19.3 Å². The third-order valence-electron chi connectivity index (χ3n) is 2.93. The molecule has 1 heterocycles. The molecule has 2 atom stereocenters. The Kier molecular flexibility index (Phi) is 2.94. The standard InChI is InChI=1S/C11H16N2O2/c12-11(14)15-9-6-5-8-3-1-2-4-10(8)13-7-9/h1-2,4,8-9,13H,3,5-7H2,(H2,12,14)/t8?,9-/m0/s1. The average molecular weight is 208 g/mol. The van der Waals surface area contributed by atoms with E-state index in [4.69, 9.17) is 10.5 Å². The van der Waals surface area contributed by atoms with Crippen LogP contribution < -0.4 is 11.1 Å². The molecule has 1 aliphatic heterocycles. The predicted molar refractivity (Wildman–Crippen MR) is 57.0 cm³/mol. The minimum absolute atomic E-state index is 0.0889. The minimum Gasteiger partial charge on any atom is -0.445 e. The second kappa shape index (κ2) is 4.38. The topological polar surface area (TPSA) is 64.4 Å². The largest absolute Gasteiger partial charge is 0.445 e. The van der Waals surface area contributed by atoms with Gasteiger partial charge in [0.05, 0.1) is 6.54 Å². The number of allylic oxidation sites excluding steroid dienone is 4. The van der Waals surface area contributed by atoms with Crippen molar-refractivity contribution in [2.75, 3.05) is 6.54 Å². The molecule has 0 saturated carbocycles. The van der Waals surface area contributed by atoms with Crippen molar-refractivity contribution in [3.8, 4) is 0 Å². The van der Waals surface area contributed by atoms with E-state index in [2.05, 4.69) is 23.5 Å². The summed E-state index contributed by atoms with van der Waals surface area (Å²) < 4.78 is 5.01. The van der Waals surface area contributed by atoms with Gasteiger partial charge in [-0.1, -0.05) is 12.2 Å². The first kappa shape index (κ1) is 10.1. The lowest BCUT2D eigenvalue weighted by molar-refractivity contribution is 0.103. The number of nitrogens with one attached hydrogen (secondary N) is 1. The Morgan fingerprint density at radius 1 is 1.53 bits per heavy atom. The summed E-state index contributed by atoms with van der Waals surface area (Å²) in [6.45, 7) is 0.666. The van der Waals surface area contributed by atoms with Crippen LogP contribution >= 0.6 is 0 Å². The highest BCUT2D eigenvalue weighted by atomic mass is 16.6. The minimum atomic E-state index is -0.682. The fourth-order valence-corrected chi connectivity index (χ4v) is 2.14. The Hall–Kier alpha value is -1.45. The lowest BCUT2D eigenvalue weighted by Crippen LogP contribution is -2.31. The van der Waals surface area contributed by atoms with Crippen LogP contribution in [-0.4, -0.2) is 18.7 Å². The van der Waals surface area contributed by atoms with E-state index >= 15 is 0 Å². The van der Waals surface area contributed by atoms with Crippen LogP contribution in [0.1, 0.15) is 19.3 Å². The molecule has 15 heavy (non-hydrogen) atoms. The van der Waals surface area contributed by atoms with Crippen molar-refractivity contribution in [1.82, 2.24) is 5.32 Å². The van der Waals surface area contributed by atoms with Gasteiger partial charge in [-0.05, 0) is 25.3 Å². The molecule has 4 heteroatoms. The van der Waals surface area contributed by atoms with Gasteiger partial charge in [0.15, 0.2) is 0 Å². The summed E-state index contributed by atoms with van der Waals surface area (Å²) >= 11 is 0. The summed E-state index contributed by atoms with van der Waals surface area (Å²) in [6, 6.07) is 0. The molecular weight excluding hydrogens is 192 g/mol. The first-order valence-corrected chi connectivity index (χ1v) is 5.32. The van der Waals surface area contributed by atoms with E-state index in [9.17, 15) is 4.79 Å². The molecule has 1 saturated heterocycles. The number of primary amides is 1. The second-order valence-electron chi connectivity index (χ2n) is 4.00. The SMILES string of the molecule is NC(=O)O[C@H]1CCC2CC=CC=C2NC1. The second-order valence-corrected chi connectivity index (χ2v) is 4.00. The summed E-state index contributed by atoms with van der Waals surface area (Å²) in [5, 5.41) is 3.32. The summed E-state index contributed by atoms with van der Waals surface area (Å²) in [6.07, 6.45) is 8.56. The van der Waals surface area contributed by atoms with Crippen molar-refractivity contribution in [2.45, 2.75) is 25.4 Å². The molecule has 1 amide bonds. The number of carbonyl (C=O) groups excluding carboxylic acids is 1. The van der Waals surface area contributed by atoms with Gasteiger partial charge in [0.2, 0.25) is 0 Å². The molecule has 0 spiro atoms. The average Bonchev–Trinajstić information content (AvgIpc) is 2.41. The quantitative estimate of drug-likeness (QED) is 0.682. The molecule has 2 rings (SSSR count). The van der Waals surface area contributed by atoms with Crippen molar-refractivity contribution in [1.29, 1.82) is 0 Å². The van der Waals surface area contributed by atoms with Crippen LogP contribution in [0.3, 0.4) is 0 Å². The fourth-order valence-electron chi connectivity index (χ4n) is 2.14. The van der Waals surface area contributed by atoms with Gasteiger partial charge < -0.3 is 15.8 Å². The van der Waals surface area contributed by atoms with Crippen molar-refractivity contribution < 1.29 is 9.53 Å². The number of hydrogen-bond donors (Lipinski definition) is 2. The number of carbonyl (C=O) groups is 1. The molecule has 0 aromatic carbocycles. The van der Waals surface area contributed by atoms with Gasteiger partial charge in [0.25, 0.3) is 0 Å². The van der Waals surface area contributed by atoms with Gasteiger partial charge in [-0.15, -0.1) is 0 Å². The van der Waals surface area contributed by atoms with Gasteiger partial charge in [0, 0.05) is 11.6 Å². The Balaban J connectivity index is 1.96. The zero-order valence-electron chi connectivity index (χ0n) is 8.61. The number of fused-ring (bicyclic) bond motifs is 1. The van der Waals surface area contributed by atoms with Crippen molar-refractivity contribution >= 4 is 6.09 Å². The van der Waals surface area contributed by atoms with Crippen LogP contribution in [0.4, 0.5) is 4.79 Å². The summed E-state index contributed by atoms with van der Waals surface area (Å²) in [5.74, 6) is 0.552. The van der Waals surface area contributed by atoms with E-state index in [1.54, 1.807) is 0 Å². The number of hydrogen-bond acceptors (Lipinski definition) is 3. The molecule has 0 aromatic rings. The first-order valence-electron chi connectivity index (χ1n) is 5.32. The van der Waals surface area contributed by atoms with Gasteiger partial charge in [-0.25, -0.2) is 4.79 Å². The lowest BCUT2D eigenvalue weighted by Gasteiger charge is -2.18. The Morgan fingerprint density at radius 2 is 2.40 bits per heavy atom. The van der Waals surface area contributed by atoms with E-state index < -0.39 is 6.09 Å². The molecule has 1 fully saturated rings. The van der Waals surface area contributed by atoms with E-state index in [1.807, 2.05) is 0 Å². The Morgan fingerprint density at radius 3 is 3.20 bits per heavy atom. The third kappa shape index (κ3) is 2.52. The number of ether oxygens (including phenoxy) is 1. The molecule has 4 nitrogen and oxygen atoms in total. The normalized spacial score (nSPS) is 29.5. The van der Waals surface area contributed by atoms with Crippen LogP contribution in [0.5, 0.6) is 0 Å². The first-order chi connectivity index (χ1) is 7.25. The maximum Gasteiger partial charge on any atom is 0.404 e. The van der Waals surface area contributed by atoms with Gasteiger partial charge in [0.1, 0.15) is 6.10 Å². The van der Waals surface area contributed by atoms with Crippen molar-refractivity contribution in [2.24, 2.45) is 11.7 Å². The molecule has 82 valence electrons. The summed E-state index contributed by atoms with van der Waals surface area (Å²) in [5.41, 5.74) is 6.26. The molecule has 0 aromatic heterocycles. The Labute approximate surface area is 89.2 Å². The monoisotopic (exact) mass is 208 g/mol. The number of nitrogens with two attached hydrogens (primary N) is 1. The third-order valence-corrected chi connectivity index (χ3v) is 2.93. The highest BCUT2D eigenvalue weighted by Crippen LogP contribution is 2.27. The van der Waals surface area contributed by atoms with Crippen LogP contribution in [0.2, 0.25) is 0 Å². The van der Waals surface area contributed by atoms with Crippen LogP contribution in [-0.2, 0) is 4.74 Å². The van der Waals surface area contributed by atoms with Gasteiger partial charge >= 0.3 is 6.09 Å². The molecule has 0 bridgehead atoms. The van der Waals surface area contributed by atoms with E-state index in [1.165, 1.54) is 5.70 Å². The molecule has 1 unspecified atom stereocenters. The maximum atomic E-state index is 10.6. The maximum absolute atomic E-state index is 10.6. The number of rotatable bonds is 1. The zero-order valence-corrected chi connectivity index (χ0v) is 8.61.